The first kappa shape index (κ1) is 20.8. The SMILES string of the molecule is COCCOc1ccc(NC(=O)c2cc(C(C)C)nc3c2cnn3C(C)C)cc1. The van der Waals surface area contributed by atoms with Gasteiger partial charge in [0.1, 0.15) is 12.4 Å². The number of rotatable bonds is 8. The van der Waals surface area contributed by atoms with E-state index in [1.54, 1.807) is 13.3 Å². The molecule has 154 valence electrons. The number of anilines is 1. The highest BCUT2D eigenvalue weighted by molar-refractivity contribution is 6.12. The van der Waals surface area contributed by atoms with Gasteiger partial charge < -0.3 is 14.8 Å². The fourth-order valence-corrected chi connectivity index (χ4v) is 2.97. The predicted molar refractivity (Wildman–Crippen MR) is 114 cm³/mol. The lowest BCUT2D eigenvalue weighted by Gasteiger charge is -2.12. The van der Waals surface area contributed by atoms with E-state index in [1.165, 1.54) is 0 Å². The average molecular weight is 396 g/mol. The molecule has 0 unspecified atom stereocenters. The Morgan fingerprint density at radius 3 is 2.48 bits per heavy atom. The molecule has 1 aromatic carbocycles. The molecule has 7 heteroatoms. The molecule has 0 aliphatic rings. The second kappa shape index (κ2) is 9.05. The number of carbonyl (C=O) groups excluding carboxylic acids is 1. The van der Waals surface area contributed by atoms with Crippen LogP contribution in [-0.4, -0.2) is 41.0 Å². The quantitative estimate of drug-likeness (QED) is 0.571. The van der Waals surface area contributed by atoms with E-state index < -0.39 is 0 Å². The van der Waals surface area contributed by atoms with Crippen molar-refractivity contribution in [2.75, 3.05) is 25.6 Å². The van der Waals surface area contributed by atoms with E-state index in [2.05, 4.69) is 24.3 Å². The summed E-state index contributed by atoms with van der Waals surface area (Å²) >= 11 is 0. The fourth-order valence-electron chi connectivity index (χ4n) is 2.97. The summed E-state index contributed by atoms with van der Waals surface area (Å²) in [6.07, 6.45) is 1.72. The lowest BCUT2D eigenvalue weighted by Crippen LogP contribution is -2.14. The van der Waals surface area contributed by atoms with Gasteiger partial charge in [-0.3, -0.25) is 4.79 Å². The molecular formula is C22H28N4O3. The first-order valence-electron chi connectivity index (χ1n) is 9.82. The molecule has 7 nitrogen and oxygen atoms in total. The zero-order chi connectivity index (χ0) is 21.0. The van der Waals surface area contributed by atoms with E-state index in [0.29, 0.717) is 24.5 Å². The second-order valence-corrected chi connectivity index (χ2v) is 7.49. The number of amides is 1. The third-order valence-electron chi connectivity index (χ3n) is 4.58. The highest BCUT2D eigenvalue weighted by atomic mass is 16.5. The summed E-state index contributed by atoms with van der Waals surface area (Å²) in [5.41, 5.74) is 2.87. The van der Waals surface area contributed by atoms with Gasteiger partial charge in [-0.1, -0.05) is 13.8 Å². The molecule has 1 amide bonds. The van der Waals surface area contributed by atoms with Crippen molar-refractivity contribution < 1.29 is 14.3 Å². The molecule has 3 rings (SSSR count). The van der Waals surface area contributed by atoms with Crippen molar-refractivity contribution in [2.24, 2.45) is 0 Å². The molecule has 0 bridgehead atoms. The Morgan fingerprint density at radius 1 is 1.14 bits per heavy atom. The molecule has 0 spiro atoms. The van der Waals surface area contributed by atoms with Crippen molar-refractivity contribution in [3.63, 3.8) is 0 Å². The summed E-state index contributed by atoms with van der Waals surface area (Å²) in [4.78, 5) is 17.8. The topological polar surface area (TPSA) is 78.3 Å². The zero-order valence-corrected chi connectivity index (χ0v) is 17.6. The number of fused-ring (bicyclic) bond motifs is 1. The Labute approximate surface area is 171 Å². The first-order valence-corrected chi connectivity index (χ1v) is 9.82. The van der Waals surface area contributed by atoms with Gasteiger partial charge in [0, 0.05) is 24.5 Å². The van der Waals surface area contributed by atoms with Gasteiger partial charge in [0.2, 0.25) is 0 Å². The van der Waals surface area contributed by atoms with Crippen LogP contribution >= 0.6 is 0 Å². The number of aromatic nitrogens is 3. The Morgan fingerprint density at radius 2 is 1.86 bits per heavy atom. The molecule has 0 atom stereocenters. The number of benzene rings is 1. The molecule has 0 aliphatic carbocycles. The van der Waals surface area contributed by atoms with E-state index in [-0.39, 0.29) is 17.9 Å². The molecule has 0 saturated heterocycles. The van der Waals surface area contributed by atoms with Gasteiger partial charge in [-0.05, 0) is 50.1 Å². The number of hydrogen-bond donors (Lipinski definition) is 1. The van der Waals surface area contributed by atoms with Gasteiger partial charge in [-0.2, -0.15) is 5.10 Å². The predicted octanol–water partition coefficient (Wildman–Crippen LogP) is 4.41. The van der Waals surface area contributed by atoms with Crippen LogP contribution in [0.5, 0.6) is 5.75 Å². The Hall–Kier alpha value is -2.93. The van der Waals surface area contributed by atoms with Crippen molar-refractivity contribution in [1.82, 2.24) is 14.8 Å². The minimum atomic E-state index is -0.185. The summed E-state index contributed by atoms with van der Waals surface area (Å²) < 4.78 is 12.4. The minimum absolute atomic E-state index is 0.156. The maximum absolute atomic E-state index is 13.1. The average Bonchev–Trinajstić information content (AvgIpc) is 3.13. The van der Waals surface area contributed by atoms with Gasteiger partial charge in [-0.25, -0.2) is 9.67 Å². The van der Waals surface area contributed by atoms with Crippen LogP contribution in [0.1, 0.15) is 55.7 Å². The van der Waals surface area contributed by atoms with E-state index in [1.807, 2.05) is 48.9 Å². The molecular weight excluding hydrogens is 368 g/mol. The molecule has 3 aromatic rings. The van der Waals surface area contributed by atoms with Crippen LogP contribution < -0.4 is 10.1 Å². The molecule has 2 aromatic heterocycles. The lowest BCUT2D eigenvalue weighted by molar-refractivity contribution is 0.102. The summed E-state index contributed by atoms with van der Waals surface area (Å²) in [7, 11) is 1.63. The monoisotopic (exact) mass is 396 g/mol. The molecule has 1 N–H and O–H groups in total. The highest BCUT2D eigenvalue weighted by Gasteiger charge is 2.19. The molecule has 29 heavy (non-hydrogen) atoms. The van der Waals surface area contributed by atoms with Crippen LogP contribution in [0.2, 0.25) is 0 Å². The highest BCUT2D eigenvalue weighted by Crippen LogP contribution is 2.25. The van der Waals surface area contributed by atoms with Gasteiger partial charge in [0.05, 0.1) is 23.8 Å². The Bertz CT molecular complexity index is 978. The van der Waals surface area contributed by atoms with Crippen molar-refractivity contribution in [3.05, 3.63) is 47.8 Å². The fraction of sp³-hybridized carbons (Fsp3) is 0.409. The Balaban J connectivity index is 1.86. The Kier molecular flexibility index (Phi) is 6.49. The first-order chi connectivity index (χ1) is 13.9. The third kappa shape index (κ3) is 4.74. The van der Waals surface area contributed by atoms with Crippen molar-refractivity contribution in [2.45, 2.75) is 39.7 Å². The number of carbonyl (C=O) groups is 1. The van der Waals surface area contributed by atoms with E-state index in [4.69, 9.17) is 14.5 Å². The number of hydrogen-bond acceptors (Lipinski definition) is 5. The van der Waals surface area contributed by atoms with Crippen LogP contribution in [-0.2, 0) is 4.74 Å². The number of ether oxygens (including phenoxy) is 2. The summed E-state index contributed by atoms with van der Waals surface area (Å²) in [5, 5.41) is 8.16. The third-order valence-corrected chi connectivity index (χ3v) is 4.58. The van der Waals surface area contributed by atoms with Gasteiger partial charge in [0.25, 0.3) is 5.91 Å². The van der Waals surface area contributed by atoms with E-state index in [9.17, 15) is 4.79 Å². The standard InChI is InChI=1S/C22H28N4O3/c1-14(2)20-12-18(19-13-23-26(15(3)4)21(19)25-20)22(27)24-16-6-8-17(9-7-16)29-11-10-28-5/h6-9,12-15H,10-11H2,1-5H3,(H,24,27). The molecule has 0 radical (unpaired) electrons. The van der Waals surface area contributed by atoms with Crippen LogP contribution in [0.3, 0.4) is 0 Å². The van der Waals surface area contributed by atoms with E-state index >= 15 is 0 Å². The van der Waals surface area contributed by atoms with Gasteiger partial charge >= 0.3 is 0 Å². The number of nitrogens with one attached hydrogen (secondary N) is 1. The molecule has 2 heterocycles. The van der Waals surface area contributed by atoms with Crippen LogP contribution in [0.4, 0.5) is 5.69 Å². The van der Waals surface area contributed by atoms with Gasteiger partial charge in [-0.15, -0.1) is 0 Å². The van der Waals surface area contributed by atoms with Crippen LogP contribution in [0, 0.1) is 0 Å². The summed E-state index contributed by atoms with van der Waals surface area (Å²) in [6, 6.07) is 9.30. The maximum Gasteiger partial charge on any atom is 0.256 e. The van der Waals surface area contributed by atoms with Gasteiger partial charge in [0.15, 0.2) is 5.65 Å². The van der Waals surface area contributed by atoms with Crippen LogP contribution in [0.25, 0.3) is 11.0 Å². The van der Waals surface area contributed by atoms with E-state index in [0.717, 1.165) is 22.5 Å². The normalized spacial score (nSPS) is 11.4. The van der Waals surface area contributed by atoms with Crippen molar-refractivity contribution >= 4 is 22.6 Å². The molecule has 0 saturated carbocycles. The number of methoxy groups -OCH3 is 1. The minimum Gasteiger partial charge on any atom is -0.491 e. The van der Waals surface area contributed by atoms with Crippen molar-refractivity contribution in [1.29, 1.82) is 0 Å². The summed E-state index contributed by atoms with van der Waals surface area (Å²) in [5.74, 6) is 0.743. The van der Waals surface area contributed by atoms with Crippen LogP contribution in [0.15, 0.2) is 36.5 Å². The molecule has 0 aliphatic heterocycles. The largest absolute Gasteiger partial charge is 0.491 e. The number of pyridine rings is 1. The molecule has 0 fully saturated rings. The zero-order valence-electron chi connectivity index (χ0n) is 17.6. The van der Waals surface area contributed by atoms with Crippen molar-refractivity contribution in [3.8, 4) is 5.75 Å². The maximum atomic E-state index is 13.1. The smallest absolute Gasteiger partial charge is 0.256 e. The summed E-state index contributed by atoms with van der Waals surface area (Å²) in [6.45, 7) is 9.23. The second-order valence-electron chi connectivity index (χ2n) is 7.49. The number of nitrogens with zero attached hydrogens (tertiary/aromatic N) is 3. The lowest BCUT2D eigenvalue weighted by atomic mass is 10.0.